The van der Waals surface area contributed by atoms with Crippen LogP contribution in [0.15, 0.2) is 71.8 Å². The van der Waals surface area contributed by atoms with E-state index in [0.29, 0.717) is 11.4 Å². The highest BCUT2D eigenvalue weighted by Crippen LogP contribution is 2.21. The van der Waals surface area contributed by atoms with Gasteiger partial charge in [0.25, 0.3) is 15.9 Å². The molecule has 2 N–H and O–H groups in total. The van der Waals surface area contributed by atoms with Crippen molar-refractivity contribution in [1.29, 1.82) is 0 Å². The number of nitrogens with zero attached hydrogens (tertiary/aromatic N) is 1. The Bertz CT molecular complexity index is 1130. The minimum Gasteiger partial charge on any atom is -0.481 e. The molecular formula is C22H23N3O4S. The van der Waals surface area contributed by atoms with Crippen LogP contribution in [-0.4, -0.2) is 25.4 Å². The Morgan fingerprint density at radius 3 is 2.40 bits per heavy atom. The fourth-order valence-corrected chi connectivity index (χ4v) is 3.76. The van der Waals surface area contributed by atoms with Gasteiger partial charge in [0.15, 0.2) is 6.10 Å². The van der Waals surface area contributed by atoms with Gasteiger partial charge in [0.2, 0.25) is 0 Å². The fourth-order valence-electron chi connectivity index (χ4n) is 2.76. The summed E-state index contributed by atoms with van der Waals surface area (Å²) in [5, 5.41) is 2.73. The standard InChI is InChI=1S/C22H23N3O4S/c1-15-7-12-20(16(2)14-15)29-17(3)22(26)24-18-8-10-19(11-9-18)30(27,28)25-21-6-4-5-13-23-21/h4-14,17H,1-3H3,(H,23,25)(H,24,26). The summed E-state index contributed by atoms with van der Waals surface area (Å²) in [4.78, 5) is 16.5. The molecular weight excluding hydrogens is 402 g/mol. The van der Waals surface area contributed by atoms with Gasteiger partial charge in [0.05, 0.1) is 4.90 Å². The van der Waals surface area contributed by atoms with Crippen LogP contribution in [0.3, 0.4) is 0 Å². The third kappa shape index (κ3) is 5.36. The van der Waals surface area contributed by atoms with Crippen LogP contribution < -0.4 is 14.8 Å². The van der Waals surface area contributed by atoms with Crippen molar-refractivity contribution < 1.29 is 17.9 Å². The highest BCUT2D eigenvalue weighted by molar-refractivity contribution is 7.92. The van der Waals surface area contributed by atoms with Crippen LogP contribution in [0.5, 0.6) is 5.75 Å². The summed E-state index contributed by atoms with van der Waals surface area (Å²) in [6, 6.07) is 16.6. The van der Waals surface area contributed by atoms with Gasteiger partial charge in [-0.2, -0.15) is 0 Å². The molecule has 0 spiro atoms. The molecule has 2 aromatic carbocycles. The van der Waals surface area contributed by atoms with Gasteiger partial charge in [0.1, 0.15) is 11.6 Å². The Labute approximate surface area is 176 Å². The lowest BCUT2D eigenvalue weighted by Gasteiger charge is -2.16. The highest BCUT2D eigenvalue weighted by atomic mass is 32.2. The number of hydrogen-bond donors (Lipinski definition) is 2. The van der Waals surface area contributed by atoms with Crippen molar-refractivity contribution in [2.45, 2.75) is 31.8 Å². The van der Waals surface area contributed by atoms with Crippen LogP contribution in [0, 0.1) is 13.8 Å². The first-order valence-electron chi connectivity index (χ1n) is 9.33. The van der Waals surface area contributed by atoms with Crippen molar-refractivity contribution in [3.8, 4) is 5.75 Å². The molecule has 3 aromatic rings. The Morgan fingerprint density at radius 1 is 1.03 bits per heavy atom. The molecule has 0 aliphatic heterocycles. The summed E-state index contributed by atoms with van der Waals surface area (Å²) in [6.45, 7) is 5.57. The molecule has 0 bridgehead atoms. The predicted molar refractivity (Wildman–Crippen MR) is 116 cm³/mol. The van der Waals surface area contributed by atoms with Crippen molar-refractivity contribution in [3.05, 3.63) is 78.0 Å². The second-order valence-electron chi connectivity index (χ2n) is 6.86. The number of sulfonamides is 1. The Hall–Kier alpha value is -3.39. The number of aryl methyl sites for hydroxylation is 2. The minimum atomic E-state index is -3.77. The van der Waals surface area contributed by atoms with Crippen molar-refractivity contribution in [1.82, 2.24) is 4.98 Å². The second-order valence-corrected chi connectivity index (χ2v) is 8.55. The van der Waals surface area contributed by atoms with Crippen LogP contribution >= 0.6 is 0 Å². The van der Waals surface area contributed by atoms with E-state index in [0.717, 1.165) is 11.1 Å². The molecule has 0 aliphatic rings. The van der Waals surface area contributed by atoms with Crippen molar-refractivity contribution in [2.75, 3.05) is 10.0 Å². The minimum absolute atomic E-state index is 0.0609. The second kappa shape index (κ2) is 8.96. The molecule has 0 aliphatic carbocycles. The number of benzene rings is 2. The number of rotatable bonds is 7. The zero-order chi connectivity index (χ0) is 21.7. The van der Waals surface area contributed by atoms with Gasteiger partial charge in [-0.15, -0.1) is 0 Å². The average Bonchev–Trinajstić information content (AvgIpc) is 2.71. The molecule has 0 saturated heterocycles. The molecule has 1 amide bonds. The molecule has 0 radical (unpaired) electrons. The normalized spacial score (nSPS) is 12.1. The van der Waals surface area contributed by atoms with Gasteiger partial charge in [-0.3, -0.25) is 9.52 Å². The Morgan fingerprint density at radius 2 is 1.77 bits per heavy atom. The average molecular weight is 426 g/mol. The monoisotopic (exact) mass is 425 g/mol. The maximum atomic E-state index is 12.4. The Balaban J connectivity index is 1.64. The maximum absolute atomic E-state index is 12.4. The van der Waals surface area contributed by atoms with Crippen LogP contribution in [-0.2, 0) is 14.8 Å². The van der Waals surface area contributed by atoms with Crippen LogP contribution in [0.25, 0.3) is 0 Å². The third-order valence-corrected chi connectivity index (χ3v) is 5.71. The molecule has 7 nitrogen and oxygen atoms in total. The highest BCUT2D eigenvalue weighted by Gasteiger charge is 2.18. The van der Waals surface area contributed by atoms with Crippen molar-refractivity contribution in [2.24, 2.45) is 0 Å². The first kappa shape index (κ1) is 21.3. The van der Waals surface area contributed by atoms with E-state index in [1.807, 2.05) is 32.0 Å². The number of ether oxygens (including phenoxy) is 1. The molecule has 0 saturated carbocycles. The number of anilines is 2. The summed E-state index contributed by atoms with van der Waals surface area (Å²) < 4.78 is 33.0. The summed E-state index contributed by atoms with van der Waals surface area (Å²) in [5.41, 5.74) is 2.53. The molecule has 1 heterocycles. The van der Waals surface area contributed by atoms with E-state index in [2.05, 4.69) is 15.0 Å². The number of carbonyl (C=O) groups excluding carboxylic acids is 1. The zero-order valence-corrected chi connectivity index (χ0v) is 17.7. The molecule has 30 heavy (non-hydrogen) atoms. The quantitative estimate of drug-likeness (QED) is 0.598. The van der Waals surface area contributed by atoms with Crippen LogP contribution in [0.4, 0.5) is 11.5 Å². The van der Waals surface area contributed by atoms with Crippen LogP contribution in [0.1, 0.15) is 18.1 Å². The first-order chi connectivity index (χ1) is 14.2. The summed E-state index contributed by atoms with van der Waals surface area (Å²) >= 11 is 0. The van der Waals surface area contributed by atoms with Crippen LogP contribution in [0.2, 0.25) is 0 Å². The Kier molecular flexibility index (Phi) is 6.37. The summed E-state index contributed by atoms with van der Waals surface area (Å²) in [6.07, 6.45) is 0.776. The number of pyridine rings is 1. The lowest BCUT2D eigenvalue weighted by Crippen LogP contribution is -2.30. The van der Waals surface area contributed by atoms with E-state index in [1.165, 1.54) is 30.5 Å². The number of nitrogens with one attached hydrogen (secondary N) is 2. The van der Waals surface area contributed by atoms with Crippen molar-refractivity contribution >= 4 is 27.4 Å². The van der Waals surface area contributed by atoms with Gasteiger partial charge in [-0.05, 0) is 68.8 Å². The van der Waals surface area contributed by atoms with E-state index in [1.54, 1.807) is 25.1 Å². The van der Waals surface area contributed by atoms with Gasteiger partial charge in [0, 0.05) is 11.9 Å². The van der Waals surface area contributed by atoms with Gasteiger partial charge >= 0.3 is 0 Å². The smallest absolute Gasteiger partial charge is 0.265 e. The van der Waals surface area contributed by atoms with E-state index in [-0.39, 0.29) is 16.6 Å². The van der Waals surface area contributed by atoms with Gasteiger partial charge in [-0.1, -0.05) is 23.8 Å². The third-order valence-electron chi connectivity index (χ3n) is 4.34. The van der Waals surface area contributed by atoms with E-state index in [9.17, 15) is 13.2 Å². The SMILES string of the molecule is Cc1ccc(OC(C)C(=O)Nc2ccc(S(=O)(=O)Nc3ccccn3)cc2)c(C)c1. The summed E-state index contributed by atoms with van der Waals surface area (Å²) in [5.74, 6) is 0.537. The number of aromatic nitrogens is 1. The van der Waals surface area contributed by atoms with E-state index < -0.39 is 16.1 Å². The fraction of sp³-hybridized carbons (Fsp3) is 0.182. The molecule has 0 fully saturated rings. The molecule has 156 valence electrons. The largest absolute Gasteiger partial charge is 0.481 e. The van der Waals surface area contributed by atoms with Gasteiger partial charge < -0.3 is 10.1 Å². The molecule has 1 aromatic heterocycles. The number of amides is 1. The number of carbonyl (C=O) groups is 1. The molecule has 1 atom stereocenters. The zero-order valence-electron chi connectivity index (χ0n) is 16.9. The summed E-state index contributed by atoms with van der Waals surface area (Å²) in [7, 11) is -3.77. The van der Waals surface area contributed by atoms with E-state index >= 15 is 0 Å². The lowest BCUT2D eigenvalue weighted by molar-refractivity contribution is -0.122. The molecule has 1 unspecified atom stereocenters. The number of hydrogen-bond acceptors (Lipinski definition) is 5. The molecule has 8 heteroatoms. The maximum Gasteiger partial charge on any atom is 0.265 e. The van der Waals surface area contributed by atoms with E-state index in [4.69, 9.17) is 4.74 Å². The first-order valence-corrected chi connectivity index (χ1v) is 10.8. The van der Waals surface area contributed by atoms with Crippen molar-refractivity contribution in [3.63, 3.8) is 0 Å². The lowest BCUT2D eigenvalue weighted by atomic mass is 10.1. The predicted octanol–water partition coefficient (Wildman–Crippen LogP) is 3.91. The van der Waals surface area contributed by atoms with Gasteiger partial charge in [-0.25, -0.2) is 13.4 Å². The topological polar surface area (TPSA) is 97.4 Å². The molecule has 3 rings (SSSR count).